The van der Waals surface area contributed by atoms with Crippen LogP contribution in [0.4, 0.5) is 8.78 Å². The van der Waals surface area contributed by atoms with Crippen LogP contribution in [0, 0.1) is 11.6 Å². The molecule has 2 aromatic carbocycles. The zero-order valence-corrected chi connectivity index (χ0v) is 11.8. The van der Waals surface area contributed by atoms with Gasteiger partial charge >= 0.3 is 0 Å². The number of ketones is 1. The first kappa shape index (κ1) is 15.8. The maximum absolute atomic E-state index is 13.4. The van der Waals surface area contributed by atoms with Gasteiger partial charge in [0.2, 0.25) is 5.91 Å². The van der Waals surface area contributed by atoms with E-state index in [9.17, 15) is 18.4 Å². The van der Waals surface area contributed by atoms with Gasteiger partial charge in [-0.05, 0) is 42.3 Å². The Kier molecular flexibility index (Phi) is 5.36. The predicted octanol–water partition coefficient (Wildman–Crippen LogP) is 2.90. The summed E-state index contributed by atoms with van der Waals surface area (Å²) in [6.07, 6.45) is 0.362. The molecule has 1 N–H and O–H groups in total. The molecule has 1 amide bonds. The minimum Gasteiger partial charge on any atom is -0.349 e. The summed E-state index contributed by atoms with van der Waals surface area (Å²) in [4.78, 5) is 23.5. The Hall–Kier alpha value is -2.56. The first-order valence-corrected chi connectivity index (χ1v) is 6.85. The van der Waals surface area contributed by atoms with Crippen molar-refractivity contribution >= 4 is 11.7 Å². The van der Waals surface area contributed by atoms with E-state index in [0.29, 0.717) is 11.1 Å². The third-order valence-corrected chi connectivity index (χ3v) is 3.19. The lowest BCUT2D eigenvalue weighted by molar-refractivity contribution is -0.120. The van der Waals surface area contributed by atoms with Gasteiger partial charge in [-0.1, -0.05) is 18.2 Å². The molecule has 0 radical (unpaired) electrons. The molecule has 114 valence electrons. The molecule has 5 heteroatoms. The highest BCUT2D eigenvalue weighted by molar-refractivity contribution is 5.99. The molecule has 0 saturated heterocycles. The fraction of sp³-hybridized carbons (Fsp3) is 0.176. The van der Waals surface area contributed by atoms with Crippen LogP contribution in [0.15, 0.2) is 48.5 Å². The minimum absolute atomic E-state index is 0.0949. The number of nitrogens with one attached hydrogen (secondary N) is 1. The fourth-order valence-corrected chi connectivity index (χ4v) is 1.95. The summed E-state index contributed by atoms with van der Waals surface area (Å²) in [6, 6.07) is 11.3. The normalized spacial score (nSPS) is 10.3. The van der Waals surface area contributed by atoms with E-state index >= 15 is 0 Å². The highest BCUT2D eigenvalue weighted by atomic mass is 19.1. The molecule has 0 bridgehead atoms. The van der Waals surface area contributed by atoms with Crippen molar-refractivity contribution in [3.05, 3.63) is 71.3 Å². The van der Waals surface area contributed by atoms with Gasteiger partial charge in [0.05, 0.1) is 6.54 Å². The van der Waals surface area contributed by atoms with Crippen LogP contribution < -0.4 is 5.32 Å². The standard InChI is InChI=1S/C17H15F2NO2/c18-14-8-5-13(6-9-14)16(21)11-20-17(22)10-7-12-3-1-2-4-15(12)19/h1-6,8-9H,7,10-11H2,(H,20,22). The van der Waals surface area contributed by atoms with Gasteiger partial charge in [0, 0.05) is 12.0 Å². The van der Waals surface area contributed by atoms with Gasteiger partial charge in [0.15, 0.2) is 5.78 Å². The quantitative estimate of drug-likeness (QED) is 0.834. The van der Waals surface area contributed by atoms with Gasteiger partial charge < -0.3 is 5.32 Å². The Labute approximate surface area is 127 Å². The van der Waals surface area contributed by atoms with Gasteiger partial charge in [-0.25, -0.2) is 8.78 Å². The summed E-state index contributed by atoms with van der Waals surface area (Å²) in [7, 11) is 0. The topological polar surface area (TPSA) is 46.2 Å². The summed E-state index contributed by atoms with van der Waals surface area (Å²) in [5.41, 5.74) is 0.790. The number of benzene rings is 2. The summed E-state index contributed by atoms with van der Waals surface area (Å²) in [6.45, 7) is -0.165. The van der Waals surface area contributed by atoms with E-state index in [0.717, 1.165) is 0 Å². The molecule has 22 heavy (non-hydrogen) atoms. The van der Waals surface area contributed by atoms with E-state index < -0.39 is 5.82 Å². The Morgan fingerprint density at radius 3 is 2.32 bits per heavy atom. The van der Waals surface area contributed by atoms with Gasteiger partial charge in [-0.15, -0.1) is 0 Å². The van der Waals surface area contributed by atoms with Crippen LogP contribution in [-0.2, 0) is 11.2 Å². The van der Waals surface area contributed by atoms with Crippen LogP contribution in [-0.4, -0.2) is 18.2 Å². The lowest BCUT2D eigenvalue weighted by Crippen LogP contribution is -2.29. The highest BCUT2D eigenvalue weighted by Crippen LogP contribution is 2.08. The largest absolute Gasteiger partial charge is 0.349 e. The number of amides is 1. The number of carbonyl (C=O) groups excluding carboxylic acids is 2. The van der Waals surface area contributed by atoms with Crippen LogP contribution in [0.25, 0.3) is 0 Å². The number of carbonyl (C=O) groups is 2. The monoisotopic (exact) mass is 303 g/mol. The SMILES string of the molecule is O=C(CCc1ccccc1F)NCC(=O)c1ccc(F)cc1. The van der Waals surface area contributed by atoms with Crippen LogP contribution in [0.5, 0.6) is 0 Å². The fourth-order valence-electron chi connectivity index (χ4n) is 1.95. The maximum Gasteiger partial charge on any atom is 0.220 e. The second kappa shape index (κ2) is 7.45. The van der Waals surface area contributed by atoms with Crippen molar-refractivity contribution in [2.75, 3.05) is 6.54 Å². The molecule has 3 nitrogen and oxygen atoms in total. The number of rotatable bonds is 6. The van der Waals surface area contributed by atoms with Crippen molar-refractivity contribution in [2.45, 2.75) is 12.8 Å². The first-order chi connectivity index (χ1) is 10.6. The molecule has 2 rings (SSSR count). The molecule has 0 spiro atoms. The molecule has 0 aliphatic carbocycles. The molecule has 0 aromatic heterocycles. The van der Waals surface area contributed by atoms with E-state index in [4.69, 9.17) is 0 Å². The van der Waals surface area contributed by atoms with E-state index in [1.54, 1.807) is 18.2 Å². The van der Waals surface area contributed by atoms with Crippen LogP contribution in [0.2, 0.25) is 0 Å². The van der Waals surface area contributed by atoms with E-state index in [1.807, 2.05) is 0 Å². The molecule has 0 aliphatic rings. The van der Waals surface area contributed by atoms with Gasteiger partial charge in [0.25, 0.3) is 0 Å². The summed E-state index contributed by atoms with van der Waals surface area (Å²) >= 11 is 0. The molecule has 0 atom stereocenters. The average Bonchev–Trinajstić information content (AvgIpc) is 2.52. The predicted molar refractivity (Wildman–Crippen MR) is 78.5 cm³/mol. The van der Waals surface area contributed by atoms with Crippen molar-refractivity contribution in [1.82, 2.24) is 5.32 Å². The van der Waals surface area contributed by atoms with Crippen LogP contribution >= 0.6 is 0 Å². The number of halogens is 2. The molecule has 0 unspecified atom stereocenters. The average molecular weight is 303 g/mol. The van der Waals surface area contributed by atoms with Crippen LogP contribution in [0.1, 0.15) is 22.3 Å². The van der Waals surface area contributed by atoms with E-state index in [-0.39, 0.29) is 36.9 Å². The van der Waals surface area contributed by atoms with E-state index in [1.165, 1.54) is 30.3 Å². The Morgan fingerprint density at radius 1 is 0.955 bits per heavy atom. The Balaban J connectivity index is 1.79. The summed E-state index contributed by atoms with van der Waals surface area (Å²) < 4.78 is 26.1. The number of Topliss-reactive ketones (excluding diaryl/α,β-unsaturated/α-hetero) is 1. The molecule has 0 saturated carbocycles. The second-order valence-electron chi connectivity index (χ2n) is 4.80. The third-order valence-electron chi connectivity index (χ3n) is 3.19. The van der Waals surface area contributed by atoms with Gasteiger partial charge in [0.1, 0.15) is 11.6 Å². The molecule has 0 fully saturated rings. The molecule has 2 aromatic rings. The number of hydrogen-bond acceptors (Lipinski definition) is 2. The van der Waals surface area contributed by atoms with E-state index in [2.05, 4.69) is 5.32 Å². The minimum atomic E-state index is -0.425. The molecule has 0 aliphatic heterocycles. The summed E-state index contributed by atoms with van der Waals surface area (Å²) in [5.74, 6) is -1.42. The Bertz CT molecular complexity index is 669. The number of aryl methyl sites for hydroxylation is 1. The highest BCUT2D eigenvalue weighted by Gasteiger charge is 2.09. The molecule has 0 heterocycles. The van der Waals surface area contributed by atoms with Crippen LogP contribution in [0.3, 0.4) is 0 Å². The lowest BCUT2D eigenvalue weighted by Gasteiger charge is -2.06. The van der Waals surface area contributed by atoms with Crippen molar-refractivity contribution in [2.24, 2.45) is 0 Å². The second-order valence-corrected chi connectivity index (χ2v) is 4.80. The lowest BCUT2D eigenvalue weighted by atomic mass is 10.1. The third kappa shape index (κ3) is 4.48. The van der Waals surface area contributed by atoms with Gasteiger partial charge in [-0.3, -0.25) is 9.59 Å². The maximum atomic E-state index is 13.4. The molecular formula is C17H15F2NO2. The zero-order chi connectivity index (χ0) is 15.9. The van der Waals surface area contributed by atoms with Crippen molar-refractivity contribution < 1.29 is 18.4 Å². The van der Waals surface area contributed by atoms with Crippen molar-refractivity contribution in [3.63, 3.8) is 0 Å². The zero-order valence-electron chi connectivity index (χ0n) is 11.8. The van der Waals surface area contributed by atoms with Gasteiger partial charge in [-0.2, -0.15) is 0 Å². The molecular weight excluding hydrogens is 288 g/mol. The van der Waals surface area contributed by atoms with Crippen molar-refractivity contribution in [3.8, 4) is 0 Å². The number of hydrogen-bond donors (Lipinski definition) is 1. The summed E-state index contributed by atoms with van der Waals surface area (Å²) in [5, 5.41) is 2.48. The smallest absolute Gasteiger partial charge is 0.220 e. The Morgan fingerprint density at radius 2 is 1.64 bits per heavy atom. The first-order valence-electron chi connectivity index (χ1n) is 6.85. The van der Waals surface area contributed by atoms with Crippen molar-refractivity contribution in [1.29, 1.82) is 0 Å².